The average Bonchev–Trinajstić information content (AvgIpc) is 2.23. The van der Waals surface area contributed by atoms with Crippen LogP contribution in [0.15, 0.2) is 30.9 Å². The summed E-state index contributed by atoms with van der Waals surface area (Å²) in [5.74, 6) is -0.927. The van der Waals surface area contributed by atoms with Crippen molar-refractivity contribution in [2.24, 2.45) is 5.73 Å². The van der Waals surface area contributed by atoms with Crippen LogP contribution in [0.2, 0.25) is 0 Å². The standard InChI is InChI=1S/C12H13F4N.ClH/c1-2-3-4-11(17)8-5-9(12(14,15)16)7-10(13)6-8;/h2,5-7,11H,1,3-4,17H2;1H/t11-;/m0./s1. The highest BCUT2D eigenvalue weighted by atomic mass is 35.5. The SMILES string of the molecule is C=CCC[C@H](N)c1cc(F)cc(C(F)(F)F)c1.Cl. The second-order valence-electron chi connectivity index (χ2n) is 3.74. The molecule has 0 spiro atoms. The van der Waals surface area contributed by atoms with Crippen molar-refractivity contribution in [3.8, 4) is 0 Å². The molecule has 0 aliphatic carbocycles. The van der Waals surface area contributed by atoms with E-state index in [1.807, 2.05) is 0 Å². The second-order valence-corrected chi connectivity index (χ2v) is 3.74. The lowest BCUT2D eigenvalue weighted by Gasteiger charge is -2.14. The highest BCUT2D eigenvalue weighted by Gasteiger charge is 2.31. The third kappa shape index (κ3) is 4.66. The third-order valence-electron chi connectivity index (χ3n) is 2.36. The second kappa shape index (κ2) is 6.75. The number of hydrogen-bond acceptors (Lipinski definition) is 1. The number of hydrogen-bond donors (Lipinski definition) is 1. The van der Waals surface area contributed by atoms with Gasteiger partial charge in [0.15, 0.2) is 0 Å². The Labute approximate surface area is 109 Å². The molecule has 1 aromatic rings. The van der Waals surface area contributed by atoms with Crippen LogP contribution in [0, 0.1) is 5.82 Å². The molecular formula is C12H14ClF4N. The van der Waals surface area contributed by atoms with Gasteiger partial charge >= 0.3 is 6.18 Å². The summed E-state index contributed by atoms with van der Waals surface area (Å²) in [6.07, 6.45) is -1.94. The van der Waals surface area contributed by atoms with Gasteiger partial charge in [-0.2, -0.15) is 13.2 Å². The molecule has 0 aliphatic heterocycles. The van der Waals surface area contributed by atoms with Gasteiger partial charge in [-0.25, -0.2) is 4.39 Å². The highest BCUT2D eigenvalue weighted by molar-refractivity contribution is 5.85. The van der Waals surface area contributed by atoms with Gasteiger partial charge in [-0.15, -0.1) is 19.0 Å². The predicted molar refractivity (Wildman–Crippen MR) is 65.0 cm³/mol. The average molecular weight is 284 g/mol. The number of allylic oxidation sites excluding steroid dienone is 1. The summed E-state index contributed by atoms with van der Waals surface area (Å²) < 4.78 is 50.4. The molecule has 18 heavy (non-hydrogen) atoms. The van der Waals surface area contributed by atoms with Gasteiger partial charge in [0.2, 0.25) is 0 Å². The third-order valence-corrected chi connectivity index (χ3v) is 2.36. The molecule has 0 heterocycles. The van der Waals surface area contributed by atoms with Crippen molar-refractivity contribution in [3.63, 3.8) is 0 Å². The zero-order chi connectivity index (χ0) is 13.1. The molecule has 0 aliphatic rings. The maximum Gasteiger partial charge on any atom is 0.416 e. The molecule has 0 aromatic heterocycles. The molecule has 0 unspecified atom stereocenters. The Hall–Kier alpha value is -1.07. The van der Waals surface area contributed by atoms with Crippen LogP contribution < -0.4 is 5.73 Å². The van der Waals surface area contributed by atoms with Crippen molar-refractivity contribution in [2.75, 3.05) is 0 Å². The van der Waals surface area contributed by atoms with Crippen LogP contribution in [0.25, 0.3) is 0 Å². The quantitative estimate of drug-likeness (QED) is 0.649. The van der Waals surface area contributed by atoms with Crippen molar-refractivity contribution in [1.82, 2.24) is 0 Å². The topological polar surface area (TPSA) is 26.0 Å². The van der Waals surface area contributed by atoms with Crippen molar-refractivity contribution in [1.29, 1.82) is 0 Å². The molecule has 0 saturated carbocycles. The predicted octanol–water partition coefficient (Wildman–Crippen LogP) is 4.23. The van der Waals surface area contributed by atoms with E-state index in [1.165, 1.54) is 0 Å². The zero-order valence-corrected chi connectivity index (χ0v) is 10.3. The Bertz CT molecular complexity index is 404. The van der Waals surface area contributed by atoms with Gasteiger partial charge in [0.25, 0.3) is 0 Å². The summed E-state index contributed by atoms with van der Waals surface area (Å²) >= 11 is 0. The molecule has 1 aromatic carbocycles. The first-order valence-corrected chi connectivity index (χ1v) is 5.08. The summed E-state index contributed by atoms with van der Waals surface area (Å²) in [4.78, 5) is 0. The molecule has 1 atom stereocenters. The molecule has 1 rings (SSSR count). The summed E-state index contributed by atoms with van der Waals surface area (Å²) in [6, 6.07) is 1.76. The lowest BCUT2D eigenvalue weighted by atomic mass is 10.0. The van der Waals surface area contributed by atoms with E-state index in [2.05, 4.69) is 6.58 Å². The van der Waals surface area contributed by atoms with Crippen LogP contribution in [-0.4, -0.2) is 0 Å². The van der Waals surface area contributed by atoms with Gasteiger partial charge in [-0.3, -0.25) is 0 Å². The molecule has 0 saturated heterocycles. The molecule has 0 bridgehead atoms. The molecule has 1 nitrogen and oxygen atoms in total. The van der Waals surface area contributed by atoms with E-state index in [0.717, 1.165) is 12.1 Å². The molecule has 102 valence electrons. The van der Waals surface area contributed by atoms with Gasteiger partial charge < -0.3 is 5.73 Å². The van der Waals surface area contributed by atoms with Crippen LogP contribution in [0.3, 0.4) is 0 Å². The van der Waals surface area contributed by atoms with Gasteiger partial charge in [0.05, 0.1) is 5.56 Å². The molecule has 0 radical (unpaired) electrons. The van der Waals surface area contributed by atoms with Crippen molar-refractivity contribution < 1.29 is 17.6 Å². The van der Waals surface area contributed by atoms with Gasteiger partial charge in [0.1, 0.15) is 5.82 Å². The van der Waals surface area contributed by atoms with E-state index in [1.54, 1.807) is 6.08 Å². The molecule has 0 fully saturated rings. The van der Waals surface area contributed by atoms with Gasteiger partial charge in [-0.05, 0) is 36.6 Å². The summed E-state index contributed by atoms with van der Waals surface area (Å²) in [7, 11) is 0. The molecule has 0 amide bonds. The largest absolute Gasteiger partial charge is 0.416 e. The Balaban J connectivity index is 0.00000289. The first kappa shape index (κ1) is 16.9. The van der Waals surface area contributed by atoms with Gasteiger partial charge in [-0.1, -0.05) is 6.08 Å². The van der Waals surface area contributed by atoms with Crippen LogP contribution in [0.4, 0.5) is 17.6 Å². The highest BCUT2D eigenvalue weighted by Crippen LogP contribution is 2.32. The lowest BCUT2D eigenvalue weighted by Crippen LogP contribution is -2.13. The maximum absolute atomic E-state index is 13.1. The minimum Gasteiger partial charge on any atom is -0.324 e. The summed E-state index contributed by atoms with van der Waals surface area (Å²) in [5, 5.41) is 0. The molecular weight excluding hydrogens is 270 g/mol. The van der Waals surface area contributed by atoms with E-state index in [0.29, 0.717) is 18.9 Å². The van der Waals surface area contributed by atoms with E-state index in [9.17, 15) is 17.6 Å². The smallest absolute Gasteiger partial charge is 0.324 e. The number of rotatable bonds is 4. The van der Waals surface area contributed by atoms with E-state index < -0.39 is 23.6 Å². The Morgan fingerprint density at radius 2 is 1.89 bits per heavy atom. The zero-order valence-electron chi connectivity index (χ0n) is 9.51. The number of alkyl halides is 3. The van der Waals surface area contributed by atoms with E-state index >= 15 is 0 Å². The van der Waals surface area contributed by atoms with Crippen LogP contribution in [0.5, 0.6) is 0 Å². The number of nitrogens with two attached hydrogens (primary N) is 1. The van der Waals surface area contributed by atoms with Crippen molar-refractivity contribution in [2.45, 2.75) is 25.1 Å². The first-order chi connectivity index (χ1) is 7.84. The Morgan fingerprint density at radius 1 is 1.28 bits per heavy atom. The minimum absolute atomic E-state index is 0. The van der Waals surface area contributed by atoms with Crippen molar-refractivity contribution in [3.05, 3.63) is 47.8 Å². The minimum atomic E-state index is -4.56. The normalized spacial score (nSPS) is 12.7. The number of halogens is 5. The van der Waals surface area contributed by atoms with Gasteiger partial charge in [0, 0.05) is 6.04 Å². The van der Waals surface area contributed by atoms with E-state index in [-0.39, 0.29) is 18.0 Å². The fourth-order valence-corrected chi connectivity index (χ4v) is 1.45. The van der Waals surface area contributed by atoms with Crippen LogP contribution in [-0.2, 0) is 6.18 Å². The fourth-order valence-electron chi connectivity index (χ4n) is 1.45. The lowest BCUT2D eigenvalue weighted by molar-refractivity contribution is -0.137. The van der Waals surface area contributed by atoms with E-state index in [4.69, 9.17) is 5.73 Å². The van der Waals surface area contributed by atoms with Crippen LogP contribution >= 0.6 is 12.4 Å². The Morgan fingerprint density at radius 3 is 2.39 bits per heavy atom. The molecule has 2 N–H and O–H groups in total. The summed E-state index contributed by atoms with van der Waals surface area (Å²) in [6.45, 7) is 3.49. The first-order valence-electron chi connectivity index (χ1n) is 5.08. The van der Waals surface area contributed by atoms with Crippen LogP contribution in [0.1, 0.15) is 30.0 Å². The monoisotopic (exact) mass is 283 g/mol. The summed E-state index contributed by atoms with van der Waals surface area (Å²) in [5.41, 5.74) is 4.82. The molecule has 6 heteroatoms. The number of benzene rings is 1. The maximum atomic E-state index is 13.1. The van der Waals surface area contributed by atoms with Crippen molar-refractivity contribution >= 4 is 12.4 Å². The fraction of sp³-hybridized carbons (Fsp3) is 0.333. The Kier molecular flexibility index (Phi) is 6.35.